The smallest absolute Gasteiger partial charge is 0.188 e. The second-order valence-electron chi connectivity index (χ2n) is 10.5. The highest BCUT2D eigenvalue weighted by molar-refractivity contribution is 9.10. The molecule has 2 heterocycles. The number of aromatic nitrogens is 2. The van der Waals surface area contributed by atoms with E-state index in [0.29, 0.717) is 34.7 Å². The number of hydrogen-bond donors (Lipinski definition) is 0. The van der Waals surface area contributed by atoms with E-state index in [-0.39, 0.29) is 0 Å². The highest BCUT2D eigenvalue weighted by atomic mass is 79.9. The van der Waals surface area contributed by atoms with Crippen LogP contribution < -0.4 is 0 Å². The molecule has 0 bridgehead atoms. The molecule has 5 nitrogen and oxygen atoms in total. The largest absolute Gasteiger partial charge is 0.300 e. The predicted molar refractivity (Wildman–Crippen MR) is 153 cm³/mol. The summed E-state index contributed by atoms with van der Waals surface area (Å²) in [6, 6.07) is 17.2. The first-order chi connectivity index (χ1) is 17.7. The molecule has 1 aliphatic heterocycles. The van der Waals surface area contributed by atoms with Crippen LogP contribution in [-0.2, 0) is 21.1 Å². The minimum Gasteiger partial charge on any atom is -0.300 e. The first kappa shape index (κ1) is 26.9. The van der Waals surface area contributed by atoms with E-state index in [1.54, 1.807) is 24.3 Å². The predicted octanol–water partition coefficient (Wildman–Crippen LogP) is 7.12. The number of hydrogen-bond acceptors (Lipinski definition) is 4. The van der Waals surface area contributed by atoms with Crippen molar-refractivity contribution in [2.75, 3.05) is 13.1 Å². The van der Waals surface area contributed by atoms with Gasteiger partial charge in [-0.05, 0) is 113 Å². The molecule has 198 valence electrons. The molecule has 1 aliphatic carbocycles. The van der Waals surface area contributed by atoms with Crippen LogP contribution in [0.4, 0.5) is 0 Å². The maximum absolute atomic E-state index is 14.2. The van der Waals surface area contributed by atoms with Gasteiger partial charge in [0.2, 0.25) is 0 Å². The van der Waals surface area contributed by atoms with E-state index in [2.05, 4.69) is 50.5 Å². The number of aryl methyl sites for hydroxylation is 2. The van der Waals surface area contributed by atoms with Gasteiger partial charge in [-0.25, -0.2) is 8.42 Å². The van der Waals surface area contributed by atoms with E-state index < -0.39 is 14.6 Å². The number of sulfone groups is 1. The molecule has 0 radical (unpaired) electrons. The molecule has 1 aromatic heterocycles. The lowest BCUT2D eigenvalue weighted by Crippen LogP contribution is -2.48. The fourth-order valence-corrected chi connectivity index (χ4v) is 9.00. The van der Waals surface area contributed by atoms with Crippen molar-refractivity contribution in [3.8, 4) is 0 Å². The molecule has 3 aromatic rings. The van der Waals surface area contributed by atoms with Crippen LogP contribution in [0.3, 0.4) is 0 Å². The average molecular weight is 605 g/mol. The van der Waals surface area contributed by atoms with Gasteiger partial charge in [0.15, 0.2) is 9.84 Å². The Kier molecular flexibility index (Phi) is 7.88. The Balaban J connectivity index is 1.34. The topological polar surface area (TPSA) is 55.2 Å². The summed E-state index contributed by atoms with van der Waals surface area (Å²) in [4.78, 5) is 2.96. The second-order valence-corrected chi connectivity index (χ2v) is 14.1. The zero-order valence-corrected chi connectivity index (χ0v) is 24.7. The van der Waals surface area contributed by atoms with Crippen LogP contribution in [0.15, 0.2) is 64.0 Å². The van der Waals surface area contributed by atoms with Crippen molar-refractivity contribution < 1.29 is 8.42 Å². The third-order valence-electron chi connectivity index (χ3n) is 8.47. The molecule has 8 heteroatoms. The lowest BCUT2D eigenvalue weighted by Gasteiger charge is -2.45. The van der Waals surface area contributed by atoms with Gasteiger partial charge in [-0.1, -0.05) is 39.7 Å². The summed E-state index contributed by atoms with van der Waals surface area (Å²) in [5.41, 5.74) is 3.34. The summed E-state index contributed by atoms with van der Waals surface area (Å²) in [6.07, 6.45) is 5.24. The van der Waals surface area contributed by atoms with Gasteiger partial charge >= 0.3 is 0 Å². The van der Waals surface area contributed by atoms with Crippen molar-refractivity contribution in [3.05, 3.63) is 81.0 Å². The Morgan fingerprint density at radius 3 is 2.22 bits per heavy atom. The van der Waals surface area contributed by atoms with Crippen molar-refractivity contribution >= 4 is 37.4 Å². The molecule has 5 rings (SSSR count). The van der Waals surface area contributed by atoms with E-state index in [1.807, 2.05) is 24.3 Å². The van der Waals surface area contributed by atoms with Gasteiger partial charge < -0.3 is 4.90 Å². The fraction of sp³-hybridized carbons (Fsp3) is 0.483. The lowest BCUT2D eigenvalue weighted by molar-refractivity contribution is 0.110. The van der Waals surface area contributed by atoms with Gasteiger partial charge in [-0.15, -0.1) is 0 Å². The number of rotatable bonds is 6. The Hall–Kier alpha value is -1.67. The minimum atomic E-state index is -3.61. The van der Waals surface area contributed by atoms with E-state index >= 15 is 0 Å². The normalized spacial score (nSPS) is 23.8. The minimum absolute atomic E-state index is 0.349. The summed E-state index contributed by atoms with van der Waals surface area (Å²) in [5.74, 6) is 0.549. The quantitative estimate of drug-likeness (QED) is 0.301. The molecule has 0 N–H and O–H groups in total. The van der Waals surface area contributed by atoms with Gasteiger partial charge in [0, 0.05) is 33.7 Å². The summed E-state index contributed by atoms with van der Waals surface area (Å²) in [7, 11) is -3.61. The molecule has 2 fully saturated rings. The Morgan fingerprint density at radius 2 is 1.62 bits per heavy atom. The molecule has 1 saturated heterocycles. The van der Waals surface area contributed by atoms with Gasteiger partial charge in [0.05, 0.1) is 10.6 Å². The van der Waals surface area contributed by atoms with Gasteiger partial charge in [-0.2, -0.15) is 5.10 Å². The van der Waals surface area contributed by atoms with Crippen molar-refractivity contribution in [2.45, 2.75) is 80.5 Å². The highest BCUT2D eigenvalue weighted by Gasteiger charge is 2.49. The SMILES string of the molecule is CCn1nc(C)cc1C1CCN(C2CCC(c3ccc(Br)cc3)(S(=O)(=O)c3ccc(Cl)cc3)CC2)CC1. The Morgan fingerprint density at radius 1 is 1.00 bits per heavy atom. The summed E-state index contributed by atoms with van der Waals surface area (Å²) in [5, 5.41) is 5.19. The van der Waals surface area contributed by atoms with Crippen LogP contribution in [0.2, 0.25) is 5.02 Å². The first-order valence-electron chi connectivity index (χ1n) is 13.3. The third kappa shape index (κ3) is 5.17. The number of likely N-dealkylation sites (tertiary alicyclic amines) is 1. The molecule has 2 aliphatic rings. The number of halogens is 2. The first-order valence-corrected chi connectivity index (χ1v) is 15.9. The van der Waals surface area contributed by atoms with E-state index in [9.17, 15) is 8.42 Å². The standard InChI is InChI=1S/C29H35BrClN3O2S/c1-3-34-28(20-21(2)32-34)22-14-18-33(19-15-22)26-12-16-29(17-13-26,23-4-6-24(30)7-5-23)37(35,36)27-10-8-25(31)9-11-27/h4-11,20,22,26H,3,12-19H2,1-2H3. The highest BCUT2D eigenvalue weighted by Crippen LogP contribution is 2.48. The summed E-state index contributed by atoms with van der Waals surface area (Å²) < 4.78 is 30.5. The summed E-state index contributed by atoms with van der Waals surface area (Å²) >= 11 is 9.59. The lowest BCUT2D eigenvalue weighted by atomic mass is 9.79. The number of benzene rings is 2. The van der Waals surface area contributed by atoms with Crippen LogP contribution in [0.1, 0.15) is 68.3 Å². The maximum Gasteiger partial charge on any atom is 0.188 e. The second kappa shape index (κ2) is 10.8. The molecule has 2 aromatic carbocycles. The van der Waals surface area contributed by atoms with E-state index in [4.69, 9.17) is 11.6 Å². The van der Waals surface area contributed by atoms with Crippen molar-refractivity contribution in [3.63, 3.8) is 0 Å². The van der Waals surface area contributed by atoms with E-state index in [1.165, 1.54) is 5.69 Å². The third-order valence-corrected chi connectivity index (χ3v) is 11.8. The molecule has 0 unspecified atom stereocenters. The average Bonchev–Trinajstić information content (AvgIpc) is 3.30. The molecule has 0 spiro atoms. The zero-order chi connectivity index (χ0) is 26.2. The number of piperidine rings is 1. The number of nitrogens with zero attached hydrogens (tertiary/aromatic N) is 3. The van der Waals surface area contributed by atoms with Crippen LogP contribution >= 0.6 is 27.5 Å². The van der Waals surface area contributed by atoms with Crippen molar-refractivity contribution in [1.82, 2.24) is 14.7 Å². The Labute approximate surface area is 234 Å². The summed E-state index contributed by atoms with van der Waals surface area (Å²) in [6.45, 7) is 7.24. The molecular weight excluding hydrogens is 570 g/mol. The molecule has 0 atom stereocenters. The van der Waals surface area contributed by atoms with Crippen LogP contribution in [0, 0.1) is 6.92 Å². The fourth-order valence-electron chi connectivity index (χ4n) is 6.45. The molecule has 1 saturated carbocycles. The van der Waals surface area contributed by atoms with Gasteiger partial charge in [0.1, 0.15) is 4.75 Å². The van der Waals surface area contributed by atoms with Crippen LogP contribution in [0.25, 0.3) is 0 Å². The molecule has 37 heavy (non-hydrogen) atoms. The van der Waals surface area contributed by atoms with Crippen LogP contribution in [0.5, 0.6) is 0 Å². The van der Waals surface area contributed by atoms with Crippen molar-refractivity contribution in [1.29, 1.82) is 0 Å². The maximum atomic E-state index is 14.2. The van der Waals surface area contributed by atoms with Crippen LogP contribution in [-0.4, -0.2) is 42.2 Å². The monoisotopic (exact) mass is 603 g/mol. The molecule has 0 amide bonds. The van der Waals surface area contributed by atoms with Gasteiger partial charge in [-0.3, -0.25) is 4.68 Å². The Bertz CT molecular complexity index is 1320. The van der Waals surface area contributed by atoms with Gasteiger partial charge in [0.25, 0.3) is 0 Å². The van der Waals surface area contributed by atoms with E-state index in [0.717, 1.165) is 61.0 Å². The van der Waals surface area contributed by atoms with Crippen molar-refractivity contribution in [2.24, 2.45) is 0 Å². The zero-order valence-electron chi connectivity index (χ0n) is 21.5. The molecular formula is C29H35BrClN3O2S.